The molecule has 0 heterocycles. The van der Waals surface area contributed by atoms with Gasteiger partial charge in [0.1, 0.15) is 0 Å². The van der Waals surface area contributed by atoms with Crippen molar-refractivity contribution in [3.05, 3.63) is 0 Å². The molecule has 2 nitrogen and oxygen atoms in total. The first-order valence-corrected chi connectivity index (χ1v) is 8.14. The maximum atomic E-state index is 5.72. The zero-order valence-electron chi connectivity index (χ0n) is 9.53. The molecule has 4 heteroatoms. The van der Waals surface area contributed by atoms with Gasteiger partial charge in [-0.2, -0.15) is 0 Å². The lowest BCUT2D eigenvalue weighted by Gasteiger charge is -2.19. The van der Waals surface area contributed by atoms with Crippen LogP contribution in [0.1, 0.15) is 27.7 Å². The molecule has 0 amide bonds. The summed E-state index contributed by atoms with van der Waals surface area (Å²) in [6.45, 7) is 8.23. The summed E-state index contributed by atoms with van der Waals surface area (Å²) < 4.78 is 11.4. The molecule has 0 radical (unpaired) electrons. The van der Waals surface area contributed by atoms with Gasteiger partial charge in [-0.05, 0) is 38.6 Å². The van der Waals surface area contributed by atoms with E-state index in [4.69, 9.17) is 9.05 Å². The van der Waals surface area contributed by atoms with Crippen molar-refractivity contribution in [2.24, 2.45) is 0 Å². The van der Waals surface area contributed by atoms with E-state index in [1.54, 1.807) is 0 Å². The first kappa shape index (κ1) is 13.7. The molecule has 0 aromatic rings. The Balaban J connectivity index is 3.87. The molecule has 0 saturated heterocycles. The minimum atomic E-state index is -0.667. The summed E-state index contributed by atoms with van der Waals surface area (Å²) in [5, 5.41) is 0. The fourth-order valence-corrected chi connectivity index (χ4v) is 3.93. The molecule has 0 bridgehead atoms. The van der Waals surface area contributed by atoms with E-state index >= 15 is 0 Å². The minimum absolute atomic E-state index is 0.272. The van der Waals surface area contributed by atoms with Crippen LogP contribution in [0.25, 0.3) is 0 Å². The summed E-state index contributed by atoms with van der Waals surface area (Å²) >= 11 is 0. The predicted octanol–water partition coefficient (Wildman–Crippen LogP) is 2.98. The standard InChI is InChI=1S/C9H22O2PS/c1-8(2)10-12(7-13(5)6)11-9(3)4/h8-9H,7H2,1-6H3/q+1. The summed E-state index contributed by atoms with van der Waals surface area (Å²) in [7, 11) is -0.266. The largest absolute Gasteiger partial charge is 0.328 e. The number of rotatable bonds is 6. The highest BCUT2D eigenvalue weighted by Gasteiger charge is 2.21. The smallest absolute Gasteiger partial charge is 0.224 e. The second-order valence-electron chi connectivity index (χ2n) is 3.76. The van der Waals surface area contributed by atoms with Crippen molar-refractivity contribution in [2.45, 2.75) is 39.9 Å². The fourth-order valence-electron chi connectivity index (χ4n) is 0.767. The summed E-state index contributed by atoms with van der Waals surface area (Å²) in [6, 6.07) is 0. The topological polar surface area (TPSA) is 18.5 Å². The van der Waals surface area contributed by atoms with Crippen molar-refractivity contribution in [3.63, 3.8) is 0 Å². The van der Waals surface area contributed by atoms with Gasteiger partial charge in [0.05, 0.1) is 24.7 Å². The second kappa shape index (κ2) is 7.05. The van der Waals surface area contributed by atoms with Crippen molar-refractivity contribution in [2.75, 3.05) is 18.0 Å². The predicted molar refractivity (Wildman–Crippen MR) is 63.4 cm³/mol. The van der Waals surface area contributed by atoms with Gasteiger partial charge in [-0.1, -0.05) is 0 Å². The van der Waals surface area contributed by atoms with Crippen molar-refractivity contribution in [3.8, 4) is 0 Å². The summed E-state index contributed by atoms with van der Waals surface area (Å²) in [5.41, 5.74) is 1.06. The average Bonchev–Trinajstić information content (AvgIpc) is 1.80. The Morgan fingerprint density at radius 1 is 1.00 bits per heavy atom. The van der Waals surface area contributed by atoms with E-state index in [0.29, 0.717) is 10.9 Å². The maximum absolute atomic E-state index is 5.72. The van der Waals surface area contributed by atoms with Gasteiger partial charge in [-0.15, -0.1) is 0 Å². The van der Waals surface area contributed by atoms with Gasteiger partial charge in [0.2, 0.25) is 8.38 Å². The molecule has 0 aliphatic carbocycles. The molecule has 0 saturated carbocycles. The lowest BCUT2D eigenvalue weighted by atomic mass is 10.5. The minimum Gasteiger partial charge on any atom is -0.328 e. The normalized spacial score (nSPS) is 12.5. The Kier molecular flexibility index (Phi) is 7.43. The fraction of sp³-hybridized carbons (Fsp3) is 1.00. The number of hydrogen-bond donors (Lipinski definition) is 0. The van der Waals surface area contributed by atoms with Crippen LogP contribution in [0.2, 0.25) is 0 Å². The summed E-state index contributed by atoms with van der Waals surface area (Å²) in [4.78, 5) is 0. The molecule has 80 valence electrons. The van der Waals surface area contributed by atoms with Crippen molar-refractivity contribution < 1.29 is 9.05 Å². The van der Waals surface area contributed by atoms with Gasteiger partial charge in [0.15, 0.2) is 5.49 Å². The van der Waals surface area contributed by atoms with Crippen LogP contribution < -0.4 is 0 Å². The first-order valence-electron chi connectivity index (χ1n) is 4.57. The van der Waals surface area contributed by atoms with E-state index < -0.39 is 8.38 Å². The molecule has 0 rings (SSSR count). The molecule has 0 aliphatic rings. The van der Waals surface area contributed by atoms with E-state index in [-0.39, 0.29) is 12.2 Å². The van der Waals surface area contributed by atoms with Gasteiger partial charge in [-0.25, -0.2) is 0 Å². The lowest BCUT2D eigenvalue weighted by Crippen LogP contribution is -2.10. The zero-order chi connectivity index (χ0) is 10.4. The Hall–Kier alpha value is 0.700. The molecule has 0 aliphatic heterocycles. The highest BCUT2D eigenvalue weighted by atomic mass is 32.2. The first-order chi connectivity index (χ1) is 5.91. The SMILES string of the molecule is CC(C)OP(C[S+](C)C)OC(C)C. The highest BCUT2D eigenvalue weighted by Crippen LogP contribution is 2.42. The Morgan fingerprint density at radius 3 is 1.62 bits per heavy atom. The van der Waals surface area contributed by atoms with Crippen LogP contribution in [-0.4, -0.2) is 30.2 Å². The molecule has 0 N–H and O–H groups in total. The molecule has 0 fully saturated rings. The average molecular weight is 225 g/mol. The molecule has 0 unspecified atom stereocenters. The van der Waals surface area contributed by atoms with Gasteiger partial charge in [0.25, 0.3) is 0 Å². The molecular formula is C9H22O2PS+. The van der Waals surface area contributed by atoms with E-state index in [2.05, 4.69) is 40.2 Å². The third kappa shape index (κ3) is 9.01. The zero-order valence-corrected chi connectivity index (χ0v) is 11.2. The summed E-state index contributed by atoms with van der Waals surface area (Å²) in [5.74, 6) is 0. The van der Waals surface area contributed by atoms with Crippen LogP contribution >= 0.6 is 8.38 Å². The van der Waals surface area contributed by atoms with Crippen molar-refractivity contribution >= 4 is 19.3 Å². The van der Waals surface area contributed by atoms with Crippen LogP contribution in [0, 0.1) is 0 Å². The van der Waals surface area contributed by atoms with Crippen LogP contribution in [0.3, 0.4) is 0 Å². The van der Waals surface area contributed by atoms with E-state index in [1.165, 1.54) is 0 Å². The molecular weight excluding hydrogens is 203 g/mol. The monoisotopic (exact) mass is 225 g/mol. The van der Waals surface area contributed by atoms with E-state index in [0.717, 1.165) is 5.49 Å². The number of hydrogen-bond acceptors (Lipinski definition) is 2. The summed E-state index contributed by atoms with van der Waals surface area (Å²) in [6.07, 6.45) is 4.99. The Morgan fingerprint density at radius 2 is 1.38 bits per heavy atom. The van der Waals surface area contributed by atoms with Crippen LogP contribution in [0.15, 0.2) is 0 Å². The quantitative estimate of drug-likeness (QED) is 0.511. The van der Waals surface area contributed by atoms with Crippen molar-refractivity contribution in [1.29, 1.82) is 0 Å². The van der Waals surface area contributed by atoms with Gasteiger partial charge < -0.3 is 9.05 Å². The Labute approximate surface area is 86.7 Å². The van der Waals surface area contributed by atoms with Gasteiger partial charge in [-0.3, -0.25) is 0 Å². The van der Waals surface area contributed by atoms with Crippen LogP contribution in [0.4, 0.5) is 0 Å². The molecule has 0 aromatic carbocycles. The third-order valence-corrected chi connectivity index (χ3v) is 5.24. The Bertz CT molecular complexity index is 105. The molecule has 13 heavy (non-hydrogen) atoms. The molecule has 0 spiro atoms. The molecule has 0 aromatic heterocycles. The van der Waals surface area contributed by atoms with Crippen LogP contribution in [0.5, 0.6) is 0 Å². The van der Waals surface area contributed by atoms with Crippen LogP contribution in [-0.2, 0) is 19.9 Å². The van der Waals surface area contributed by atoms with Crippen molar-refractivity contribution in [1.82, 2.24) is 0 Å². The van der Waals surface area contributed by atoms with Gasteiger partial charge in [0, 0.05) is 0 Å². The van der Waals surface area contributed by atoms with E-state index in [1.807, 2.05) is 0 Å². The second-order valence-corrected chi connectivity index (χ2v) is 7.85. The van der Waals surface area contributed by atoms with Gasteiger partial charge >= 0.3 is 0 Å². The van der Waals surface area contributed by atoms with E-state index in [9.17, 15) is 0 Å². The maximum Gasteiger partial charge on any atom is 0.224 e. The third-order valence-electron chi connectivity index (χ3n) is 1.02. The molecule has 0 atom stereocenters. The lowest BCUT2D eigenvalue weighted by molar-refractivity contribution is 0.180. The highest BCUT2D eigenvalue weighted by molar-refractivity contribution is 8.00.